The Balaban J connectivity index is 2.81. The molecule has 0 saturated heterocycles. The Morgan fingerprint density at radius 3 is 2.32 bits per heavy atom. The van der Waals surface area contributed by atoms with E-state index in [9.17, 15) is 9.59 Å². The minimum atomic E-state index is -0.940. The maximum Gasteiger partial charge on any atom is 0.323 e. The second kappa shape index (κ2) is 5.93. The van der Waals surface area contributed by atoms with Gasteiger partial charge in [-0.3, -0.25) is 9.59 Å². The van der Waals surface area contributed by atoms with Gasteiger partial charge in [0.15, 0.2) is 0 Å². The second-order valence-corrected chi connectivity index (χ2v) is 7.06. The van der Waals surface area contributed by atoms with Crippen molar-refractivity contribution in [1.29, 1.82) is 0 Å². The summed E-state index contributed by atoms with van der Waals surface area (Å²) in [5.74, 6) is -0.431. The van der Waals surface area contributed by atoms with Gasteiger partial charge in [-0.2, -0.15) is 0 Å². The van der Waals surface area contributed by atoms with Crippen molar-refractivity contribution in [3.05, 3.63) is 0 Å². The van der Waals surface area contributed by atoms with Crippen LogP contribution in [-0.2, 0) is 9.59 Å². The summed E-state index contributed by atoms with van der Waals surface area (Å²) >= 11 is 0. The predicted octanol–water partition coefficient (Wildman–Crippen LogP) is 2.77. The second-order valence-electron chi connectivity index (χ2n) is 7.06. The van der Waals surface area contributed by atoms with Crippen molar-refractivity contribution < 1.29 is 14.7 Å². The molecule has 2 atom stereocenters. The van der Waals surface area contributed by atoms with E-state index in [0.29, 0.717) is 5.92 Å². The standard InChI is InChI=1S/C15H27NO3/c1-10(2)16(9-13(17)18)14(19)12-6-11(3)7-15(4,5)8-12/h10-12H,6-9H2,1-5H3,(H,17,18). The summed E-state index contributed by atoms with van der Waals surface area (Å²) in [5.41, 5.74) is 0.171. The summed E-state index contributed by atoms with van der Waals surface area (Å²) < 4.78 is 0. The highest BCUT2D eigenvalue weighted by Gasteiger charge is 2.38. The molecule has 1 fully saturated rings. The van der Waals surface area contributed by atoms with Crippen LogP contribution in [0.25, 0.3) is 0 Å². The lowest BCUT2D eigenvalue weighted by atomic mass is 9.67. The molecule has 2 unspecified atom stereocenters. The Hall–Kier alpha value is -1.06. The van der Waals surface area contributed by atoms with Gasteiger partial charge in [-0.25, -0.2) is 0 Å². The molecule has 0 aliphatic heterocycles. The fourth-order valence-electron chi connectivity index (χ4n) is 3.43. The molecular formula is C15H27NO3. The number of hydrogen-bond acceptors (Lipinski definition) is 2. The van der Waals surface area contributed by atoms with E-state index < -0.39 is 5.97 Å². The minimum absolute atomic E-state index is 0.0111. The smallest absolute Gasteiger partial charge is 0.323 e. The van der Waals surface area contributed by atoms with Crippen LogP contribution in [0, 0.1) is 17.3 Å². The van der Waals surface area contributed by atoms with Crippen molar-refractivity contribution in [3.8, 4) is 0 Å². The normalized spacial score (nSPS) is 26.2. The third-order valence-corrected chi connectivity index (χ3v) is 3.95. The molecule has 0 aromatic carbocycles. The zero-order chi connectivity index (χ0) is 14.8. The molecule has 1 N–H and O–H groups in total. The van der Waals surface area contributed by atoms with E-state index in [1.807, 2.05) is 13.8 Å². The SMILES string of the molecule is CC1CC(C(=O)N(CC(=O)O)C(C)C)CC(C)(C)C1. The van der Waals surface area contributed by atoms with Crippen LogP contribution in [0.1, 0.15) is 53.9 Å². The summed E-state index contributed by atoms with van der Waals surface area (Å²) in [6.07, 6.45) is 2.88. The molecule has 0 spiro atoms. The minimum Gasteiger partial charge on any atom is -0.480 e. The molecule has 19 heavy (non-hydrogen) atoms. The summed E-state index contributed by atoms with van der Waals surface area (Å²) in [6.45, 7) is 10.1. The van der Waals surface area contributed by atoms with Crippen LogP contribution in [0.3, 0.4) is 0 Å². The molecule has 1 aliphatic rings. The fourth-order valence-corrected chi connectivity index (χ4v) is 3.43. The van der Waals surface area contributed by atoms with E-state index in [1.165, 1.54) is 4.90 Å². The lowest BCUT2D eigenvalue weighted by molar-refractivity contribution is -0.149. The Morgan fingerprint density at radius 1 is 1.32 bits per heavy atom. The molecule has 4 heteroatoms. The number of carboxylic acids is 1. The molecule has 1 amide bonds. The van der Waals surface area contributed by atoms with Crippen LogP contribution in [-0.4, -0.2) is 34.5 Å². The Bertz CT molecular complexity index is 349. The van der Waals surface area contributed by atoms with Crippen molar-refractivity contribution in [2.75, 3.05) is 6.54 Å². The van der Waals surface area contributed by atoms with Crippen molar-refractivity contribution in [1.82, 2.24) is 4.90 Å². The molecule has 0 aromatic heterocycles. The molecule has 1 saturated carbocycles. The van der Waals surface area contributed by atoms with Crippen LogP contribution in [0.15, 0.2) is 0 Å². The van der Waals surface area contributed by atoms with Gasteiger partial charge in [0.1, 0.15) is 6.54 Å². The number of hydrogen-bond donors (Lipinski definition) is 1. The number of carbonyl (C=O) groups excluding carboxylic acids is 1. The largest absolute Gasteiger partial charge is 0.480 e. The van der Waals surface area contributed by atoms with Crippen molar-refractivity contribution >= 4 is 11.9 Å². The Kier molecular flexibility index (Phi) is 4.99. The van der Waals surface area contributed by atoms with E-state index in [2.05, 4.69) is 20.8 Å². The predicted molar refractivity (Wildman–Crippen MR) is 74.8 cm³/mol. The van der Waals surface area contributed by atoms with Gasteiger partial charge in [0.05, 0.1) is 0 Å². The molecule has 0 radical (unpaired) electrons. The monoisotopic (exact) mass is 269 g/mol. The van der Waals surface area contributed by atoms with E-state index in [0.717, 1.165) is 19.3 Å². The molecule has 0 heterocycles. The van der Waals surface area contributed by atoms with Gasteiger partial charge >= 0.3 is 5.97 Å². The first kappa shape index (κ1) is 16.0. The van der Waals surface area contributed by atoms with E-state index in [1.54, 1.807) is 0 Å². The summed E-state index contributed by atoms with van der Waals surface area (Å²) in [5, 5.41) is 8.94. The van der Waals surface area contributed by atoms with Gasteiger partial charge in [-0.05, 0) is 44.4 Å². The highest BCUT2D eigenvalue weighted by Crippen LogP contribution is 2.42. The number of carbonyl (C=O) groups is 2. The average Bonchev–Trinajstić information content (AvgIpc) is 2.21. The van der Waals surface area contributed by atoms with Crippen LogP contribution in [0.2, 0.25) is 0 Å². The molecule has 0 bridgehead atoms. The topological polar surface area (TPSA) is 57.6 Å². The van der Waals surface area contributed by atoms with Gasteiger partial charge in [-0.1, -0.05) is 20.8 Å². The first-order valence-electron chi connectivity index (χ1n) is 7.14. The number of aliphatic carboxylic acids is 1. The first-order valence-corrected chi connectivity index (χ1v) is 7.14. The van der Waals surface area contributed by atoms with Gasteiger partial charge in [0.25, 0.3) is 0 Å². The van der Waals surface area contributed by atoms with E-state index >= 15 is 0 Å². The summed E-state index contributed by atoms with van der Waals surface area (Å²) in [7, 11) is 0. The average molecular weight is 269 g/mol. The third-order valence-electron chi connectivity index (χ3n) is 3.95. The fraction of sp³-hybridized carbons (Fsp3) is 0.867. The maximum atomic E-state index is 12.6. The molecular weight excluding hydrogens is 242 g/mol. The number of nitrogens with zero attached hydrogens (tertiary/aromatic N) is 1. The van der Waals surface area contributed by atoms with Crippen molar-refractivity contribution in [2.45, 2.75) is 59.9 Å². The number of amides is 1. The van der Waals surface area contributed by atoms with Crippen LogP contribution >= 0.6 is 0 Å². The van der Waals surface area contributed by atoms with Gasteiger partial charge in [0.2, 0.25) is 5.91 Å². The first-order chi connectivity index (χ1) is 8.62. The zero-order valence-electron chi connectivity index (χ0n) is 12.8. The molecule has 0 aromatic rings. The lowest BCUT2D eigenvalue weighted by Gasteiger charge is -2.40. The maximum absolute atomic E-state index is 12.6. The lowest BCUT2D eigenvalue weighted by Crippen LogP contribution is -2.46. The Labute approximate surface area is 116 Å². The van der Waals surface area contributed by atoms with Gasteiger partial charge < -0.3 is 10.0 Å². The molecule has 1 aliphatic carbocycles. The molecule has 4 nitrogen and oxygen atoms in total. The molecule has 1 rings (SSSR count). The molecule has 110 valence electrons. The number of rotatable bonds is 4. The quantitative estimate of drug-likeness (QED) is 0.853. The van der Waals surface area contributed by atoms with Crippen molar-refractivity contribution in [3.63, 3.8) is 0 Å². The van der Waals surface area contributed by atoms with Gasteiger partial charge in [-0.15, -0.1) is 0 Å². The summed E-state index contributed by atoms with van der Waals surface area (Å²) in [4.78, 5) is 25.0. The van der Waals surface area contributed by atoms with Crippen LogP contribution in [0.4, 0.5) is 0 Å². The zero-order valence-corrected chi connectivity index (χ0v) is 12.8. The summed E-state index contributed by atoms with van der Waals surface area (Å²) in [6, 6.07) is -0.0658. The Morgan fingerprint density at radius 2 is 1.89 bits per heavy atom. The van der Waals surface area contributed by atoms with Crippen molar-refractivity contribution in [2.24, 2.45) is 17.3 Å². The number of carboxylic acid groups (broad SMARTS) is 1. The van der Waals surface area contributed by atoms with Crippen LogP contribution < -0.4 is 0 Å². The highest BCUT2D eigenvalue weighted by molar-refractivity contribution is 5.83. The third kappa shape index (κ3) is 4.51. The van der Waals surface area contributed by atoms with E-state index in [4.69, 9.17) is 5.11 Å². The van der Waals surface area contributed by atoms with Gasteiger partial charge in [0, 0.05) is 12.0 Å². The van der Waals surface area contributed by atoms with E-state index in [-0.39, 0.29) is 29.8 Å². The highest BCUT2D eigenvalue weighted by atomic mass is 16.4. The van der Waals surface area contributed by atoms with Crippen LogP contribution in [0.5, 0.6) is 0 Å².